The molecule has 1 unspecified atom stereocenters. The van der Waals surface area contributed by atoms with Crippen molar-refractivity contribution in [3.63, 3.8) is 0 Å². The number of thioether (sulfide) groups is 1. The number of ether oxygens (including phenoxy) is 2. The minimum atomic E-state index is -0.370. The van der Waals surface area contributed by atoms with E-state index in [4.69, 9.17) is 19.6 Å². The number of aromatic nitrogens is 3. The number of ketones is 1. The lowest BCUT2D eigenvalue weighted by Gasteiger charge is -2.38. The van der Waals surface area contributed by atoms with Crippen LogP contribution in [0.1, 0.15) is 50.8 Å². The van der Waals surface area contributed by atoms with Gasteiger partial charge in [0.05, 0.1) is 13.7 Å². The fourth-order valence-corrected chi connectivity index (χ4v) is 5.54. The lowest BCUT2D eigenvalue weighted by atomic mass is 9.73. The van der Waals surface area contributed by atoms with Gasteiger partial charge in [-0.15, -0.1) is 5.10 Å². The molecule has 0 saturated carbocycles. The molecular formula is C28H32N4O3S. The number of fused-ring (bicyclic) bond motifs is 1. The molecule has 2 aromatic carbocycles. The molecule has 5 rings (SSSR count). The van der Waals surface area contributed by atoms with E-state index in [9.17, 15) is 4.79 Å². The molecule has 0 saturated heterocycles. The highest BCUT2D eigenvalue weighted by atomic mass is 32.2. The monoisotopic (exact) mass is 504 g/mol. The van der Waals surface area contributed by atoms with Gasteiger partial charge in [-0.05, 0) is 40.8 Å². The molecule has 8 heteroatoms. The molecule has 1 atom stereocenters. The van der Waals surface area contributed by atoms with Crippen molar-refractivity contribution < 1.29 is 14.3 Å². The Morgan fingerprint density at radius 3 is 2.69 bits per heavy atom. The predicted octanol–water partition coefficient (Wildman–Crippen LogP) is 5.68. The molecule has 36 heavy (non-hydrogen) atoms. The number of carbonyl (C=O) groups excluding carboxylic acids is 1. The van der Waals surface area contributed by atoms with Crippen molar-refractivity contribution in [1.82, 2.24) is 14.8 Å². The second kappa shape index (κ2) is 10.0. The minimum Gasteiger partial charge on any atom is -0.493 e. The summed E-state index contributed by atoms with van der Waals surface area (Å²) in [5.41, 5.74) is 3.74. The van der Waals surface area contributed by atoms with Gasteiger partial charge in [0.2, 0.25) is 11.1 Å². The van der Waals surface area contributed by atoms with Gasteiger partial charge in [-0.2, -0.15) is 4.98 Å². The number of rotatable bonds is 8. The zero-order chi connectivity index (χ0) is 25.3. The first kappa shape index (κ1) is 24.4. The molecule has 3 aromatic rings. The Kier molecular flexibility index (Phi) is 6.79. The maximum absolute atomic E-state index is 13.4. The van der Waals surface area contributed by atoms with Crippen LogP contribution in [0.25, 0.3) is 0 Å². The SMILES string of the molecule is CCSc1nc2n(n1)C(c1ccc(OCCc3ccccc3)c(OC)c1)C1=C(CC(C)(C)CC1=O)N2. The Bertz CT molecular complexity index is 1300. The molecule has 2 heterocycles. The van der Waals surface area contributed by atoms with E-state index in [2.05, 4.69) is 38.2 Å². The van der Waals surface area contributed by atoms with Crippen LogP contribution in [0.2, 0.25) is 0 Å². The van der Waals surface area contributed by atoms with Crippen LogP contribution < -0.4 is 14.8 Å². The average molecular weight is 505 g/mol. The largest absolute Gasteiger partial charge is 0.493 e. The first-order valence-electron chi connectivity index (χ1n) is 12.4. The van der Waals surface area contributed by atoms with E-state index in [1.807, 2.05) is 41.1 Å². The number of Topliss-reactive ketones (excluding diaryl/α,β-unsaturated/α-hetero) is 1. The van der Waals surface area contributed by atoms with E-state index in [1.165, 1.54) is 5.56 Å². The Morgan fingerprint density at radius 1 is 1.14 bits per heavy atom. The second-order valence-corrected chi connectivity index (χ2v) is 11.2. The average Bonchev–Trinajstić information content (AvgIpc) is 3.25. The molecule has 188 valence electrons. The highest BCUT2D eigenvalue weighted by Crippen LogP contribution is 2.46. The van der Waals surface area contributed by atoms with Crippen LogP contribution in [0.5, 0.6) is 11.5 Å². The summed E-state index contributed by atoms with van der Waals surface area (Å²) >= 11 is 1.59. The van der Waals surface area contributed by atoms with Crippen molar-refractivity contribution in [2.75, 3.05) is 24.8 Å². The summed E-state index contributed by atoms with van der Waals surface area (Å²) < 4.78 is 13.6. The van der Waals surface area contributed by atoms with Gasteiger partial charge >= 0.3 is 0 Å². The third-order valence-corrected chi connectivity index (χ3v) is 7.30. The third kappa shape index (κ3) is 4.87. The number of methoxy groups -OCH3 is 1. The van der Waals surface area contributed by atoms with E-state index in [1.54, 1.807) is 18.9 Å². The van der Waals surface area contributed by atoms with Crippen LogP contribution in [0.4, 0.5) is 5.95 Å². The highest BCUT2D eigenvalue weighted by Gasteiger charge is 2.42. The summed E-state index contributed by atoms with van der Waals surface area (Å²) in [6.07, 6.45) is 2.09. The molecule has 0 spiro atoms. The summed E-state index contributed by atoms with van der Waals surface area (Å²) in [5, 5.41) is 8.89. The van der Waals surface area contributed by atoms with Crippen LogP contribution in [0.15, 0.2) is 65.0 Å². The van der Waals surface area contributed by atoms with E-state index < -0.39 is 0 Å². The standard InChI is InChI=1S/C28H32N4O3S/c1-5-36-27-30-26-29-20-16-28(2,3)17-21(33)24(20)25(32(26)31-27)19-11-12-22(23(15-19)34-4)35-14-13-18-9-7-6-8-10-18/h6-12,15,25H,5,13-14,16-17H2,1-4H3,(H,29,30,31). The normalized spacial score (nSPS) is 18.3. The number of nitrogens with one attached hydrogen (secondary N) is 1. The maximum atomic E-state index is 13.4. The van der Waals surface area contributed by atoms with Crippen LogP contribution in [-0.4, -0.2) is 40.0 Å². The minimum absolute atomic E-state index is 0.106. The van der Waals surface area contributed by atoms with Gasteiger partial charge in [0.25, 0.3) is 0 Å². The number of nitrogens with zero attached hydrogens (tertiary/aromatic N) is 3. The van der Waals surface area contributed by atoms with Crippen molar-refractivity contribution in [3.8, 4) is 11.5 Å². The summed E-state index contributed by atoms with van der Waals surface area (Å²) in [4.78, 5) is 18.2. The molecule has 2 aliphatic rings. The molecule has 1 aromatic heterocycles. The zero-order valence-corrected chi connectivity index (χ0v) is 22.0. The second-order valence-electron chi connectivity index (χ2n) is 9.95. The Labute approximate surface area is 216 Å². The molecule has 7 nitrogen and oxygen atoms in total. The fraction of sp³-hybridized carbons (Fsp3) is 0.393. The van der Waals surface area contributed by atoms with Crippen LogP contribution in [0, 0.1) is 5.41 Å². The third-order valence-electron chi connectivity index (χ3n) is 6.58. The number of hydrogen-bond donors (Lipinski definition) is 1. The molecule has 1 aliphatic carbocycles. The van der Waals surface area contributed by atoms with Crippen LogP contribution >= 0.6 is 11.8 Å². The molecule has 1 aliphatic heterocycles. The van der Waals surface area contributed by atoms with Crippen molar-refractivity contribution in [1.29, 1.82) is 0 Å². The fourth-order valence-electron chi connectivity index (χ4n) is 4.98. The van der Waals surface area contributed by atoms with Crippen molar-refractivity contribution >= 4 is 23.5 Å². The topological polar surface area (TPSA) is 78.3 Å². The highest BCUT2D eigenvalue weighted by molar-refractivity contribution is 7.99. The summed E-state index contributed by atoms with van der Waals surface area (Å²) in [5.74, 6) is 3.00. The van der Waals surface area contributed by atoms with Gasteiger partial charge < -0.3 is 14.8 Å². The maximum Gasteiger partial charge on any atom is 0.227 e. The van der Waals surface area contributed by atoms with Gasteiger partial charge in [0.15, 0.2) is 17.3 Å². The molecule has 0 fully saturated rings. The molecule has 0 amide bonds. The van der Waals surface area contributed by atoms with E-state index >= 15 is 0 Å². The summed E-state index contributed by atoms with van der Waals surface area (Å²) in [6.45, 7) is 6.88. The Hall–Kier alpha value is -3.26. The Balaban J connectivity index is 1.49. The quantitative estimate of drug-likeness (QED) is 0.396. The van der Waals surface area contributed by atoms with Gasteiger partial charge in [-0.25, -0.2) is 4.68 Å². The zero-order valence-electron chi connectivity index (χ0n) is 21.2. The number of carbonyl (C=O) groups is 1. The Morgan fingerprint density at radius 2 is 1.94 bits per heavy atom. The summed E-state index contributed by atoms with van der Waals surface area (Å²) in [7, 11) is 1.64. The number of anilines is 1. The van der Waals surface area contributed by atoms with Crippen molar-refractivity contribution in [3.05, 3.63) is 70.9 Å². The predicted molar refractivity (Wildman–Crippen MR) is 142 cm³/mol. The van der Waals surface area contributed by atoms with Gasteiger partial charge in [-0.1, -0.05) is 68.9 Å². The smallest absolute Gasteiger partial charge is 0.227 e. The lowest BCUT2D eigenvalue weighted by Crippen LogP contribution is -2.36. The molecule has 0 bridgehead atoms. The van der Waals surface area contributed by atoms with E-state index in [0.717, 1.165) is 35.4 Å². The van der Waals surface area contributed by atoms with Gasteiger partial charge in [0.1, 0.15) is 6.04 Å². The van der Waals surface area contributed by atoms with Crippen molar-refractivity contribution in [2.45, 2.75) is 51.2 Å². The molecule has 1 N–H and O–H groups in total. The first-order chi connectivity index (χ1) is 17.4. The van der Waals surface area contributed by atoms with Gasteiger partial charge in [-0.3, -0.25) is 4.79 Å². The van der Waals surface area contributed by atoms with E-state index in [0.29, 0.717) is 35.6 Å². The van der Waals surface area contributed by atoms with Crippen LogP contribution in [0.3, 0.4) is 0 Å². The molecular weight excluding hydrogens is 472 g/mol. The summed E-state index contributed by atoms with van der Waals surface area (Å²) in [6, 6.07) is 15.8. The van der Waals surface area contributed by atoms with E-state index in [-0.39, 0.29) is 17.2 Å². The number of allylic oxidation sites excluding steroid dienone is 2. The van der Waals surface area contributed by atoms with Crippen LogP contribution in [-0.2, 0) is 11.2 Å². The van der Waals surface area contributed by atoms with Crippen molar-refractivity contribution in [2.24, 2.45) is 5.41 Å². The van der Waals surface area contributed by atoms with Gasteiger partial charge in [0, 0.05) is 24.1 Å². The lowest BCUT2D eigenvalue weighted by molar-refractivity contribution is -0.118. The molecule has 0 radical (unpaired) electrons. The number of benzene rings is 2. The number of hydrogen-bond acceptors (Lipinski definition) is 7. The first-order valence-corrected chi connectivity index (χ1v) is 13.3.